The number of piperazine rings is 1. The highest BCUT2D eigenvalue weighted by molar-refractivity contribution is 7.21. The van der Waals surface area contributed by atoms with Crippen molar-refractivity contribution in [3.05, 3.63) is 40.5 Å². The summed E-state index contributed by atoms with van der Waals surface area (Å²) in [7, 11) is 0. The normalized spacial score (nSPS) is 24.3. The van der Waals surface area contributed by atoms with E-state index in [0.29, 0.717) is 35.7 Å². The molecule has 7 heterocycles. The van der Waals surface area contributed by atoms with Gasteiger partial charge in [-0.1, -0.05) is 0 Å². The van der Waals surface area contributed by atoms with Gasteiger partial charge in [-0.2, -0.15) is 0 Å². The Balaban J connectivity index is 1.17. The molecule has 0 saturated carbocycles. The van der Waals surface area contributed by atoms with E-state index in [1.165, 1.54) is 24.2 Å². The molecule has 0 aliphatic carbocycles. The van der Waals surface area contributed by atoms with Crippen molar-refractivity contribution in [2.24, 2.45) is 0 Å². The maximum Gasteiger partial charge on any atom is 0.263 e. The molecule has 32 heavy (non-hydrogen) atoms. The molecule has 0 aromatic carbocycles. The van der Waals surface area contributed by atoms with Crippen molar-refractivity contribution in [1.29, 1.82) is 0 Å². The molecule has 0 spiro atoms. The number of fused-ring (bicyclic) bond motifs is 5. The van der Waals surface area contributed by atoms with Crippen LogP contribution in [0.15, 0.2) is 24.4 Å². The maximum atomic E-state index is 12.9. The van der Waals surface area contributed by atoms with Gasteiger partial charge in [-0.15, -0.1) is 11.3 Å². The Kier molecular flexibility index (Phi) is 4.69. The van der Waals surface area contributed by atoms with Gasteiger partial charge in [0.05, 0.1) is 11.7 Å². The number of anilines is 2. The van der Waals surface area contributed by atoms with Crippen LogP contribution < -0.4 is 26.0 Å². The molecular weight excluding hydrogens is 424 g/mol. The van der Waals surface area contributed by atoms with Crippen LogP contribution >= 0.6 is 11.3 Å². The number of rotatable bonds is 3. The van der Waals surface area contributed by atoms with Gasteiger partial charge in [-0.3, -0.25) is 4.79 Å². The Morgan fingerprint density at radius 1 is 1.38 bits per heavy atom. The number of piperidine rings is 2. The van der Waals surface area contributed by atoms with Crippen LogP contribution in [0.1, 0.15) is 33.8 Å². The average Bonchev–Trinajstić information content (AvgIpc) is 3.15. The fourth-order valence-corrected chi connectivity index (χ4v) is 6.05. The number of aryl methyl sites for hydroxylation is 1. The summed E-state index contributed by atoms with van der Waals surface area (Å²) in [5, 5.41) is 7.49. The quantitative estimate of drug-likeness (QED) is 0.562. The summed E-state index contributed by atoms with van der Waals surface area (Å²) >= 11 is 1.33. The van der Waals surface area contributed by atoms with Gasteiger partial charge in [0.1, 0.15) is 27.9 Å². The molecule has 3 aromatic heterocycles. The van der Waals surface area contributed by atoms with E-state index >= 15 is 0 Å². The molecule has 4 N–H and O–H groups in total. The third kappa shape index (κ3) is 3.36. The summed E-state index contributed by atoms with van der Waals surface area (Å²) in [6.45, 7) is 4.38. The third-order valence-electron chi connectivity index (χ3n) is 6.75. The Morgan fingerprint density at radius 3 is 3.06 bits per heavy atom. The van der Waals surface area contributed by atoms with Crippen LogP contribution in [0.5, 0.6) is 5.75 Å². The van der Waals surface area contributed by atoms with Gasteiger partial charge in [0.2, 0.25) is 0 Å². The standard InChI is InChI=1S/C23H26N6O2S/c1-12-2-5-17-20(24)21(32-23(17)27-12)22(30)28-15-6-13-8-26-19(7-18(13)31-11-15)29-10-14-3-4-16(29)9-25-14/h2,5,7-8,14-16,25H,3-4,6,9-11,24H2,1H3,(H,28,30)/t14-,15+,16-/m0/s1. The molecule has 3 fully saturated rings. The van der Waals surface area contributed by atoms with Gasteiger partial charge >= 0.3 is 0 Å². The van der Waals surface area contributed by atoms with E-state index in [1.807, 2.05) is 25.3 Å². The van der Waals surface area contributed by atoms with Gasteiger partial charge in [0.25, 0.3) is 5.91 Å². The van der Waals surface area contributed by atoms with Crippen LogP contribution in [0.3, 0.4) is 0 Å². The van der Waals surface area contributed by atoms with Crippen molar-refractivity contribution in [1.82, 2.24) is 20.6 Å². The van der Waals surface area contributed by atoms with Crippen LogP contribution in [-0.4, -0.2) is 53.7 Å². The highest BCUT2D eigenvalue weighted by Crippen LogP contribution is 2.34. The molecular formula is C23H26N6O2S. The number of aromatic nitrogens is 2. The van der Waals surface area contributed by atoms with E-state index < -0.39 is 0 Å². The van der Waals surface area contributed by atoms with E-state index in [0.717, 1.165) is 46.1 Å². The number of carbonyl (C=O) groups excluding carboxylic acids is 1. The smallest absolute Gasteiger partial charge is 0.263 e. The van der Waals surface area contributed by atoms with Crippen LogP contribution in [-0.2, 0) is 6.42 Å². The molecule has 3 aromatic rings. The molecule has 3 atom stereocenters. The predicted octanol–water partition coefficient (Wildman–Crippen LogP) is 2.26. The number of ether oxygens (including phenoxy) is 1. The zero-order valence-corrected chi connectivity index (χ0v) is 18.7. The van der Waals surface area contributed by atoms with E-state index in [2.05, 4.69) is 26.6 Å². The Bertz CT molecular complexity index is 1200. The number of carbonyl (C=O) groups is 1. The Labute approximate surface area is 190 Å². The van der Waals surface area contributed by atoms with Crippen molar-refractivity contribution in [2.45, 2.75) is 44.3 Å². The molecule has 166 valence electrons. The van der Waals surface area contributed by atoms with Crippen LogP contribution in [0.2, 0.25) is 0 Å². The van der Waals surface area contributed by atoms with Crippen molar-refractivity contribution in [2.75, 3.05) is 30.3 Å². The minimum Gasteiger partial charge on any atom is -0.491 e. The SMILES string of the molecule is Cc1ccc2c(N)c(C(=O)N[C@H]3COc4cc(N5C[C@@H]6CC[C@H]5CN6)ncc4C3)sc2n1. The Hall–Kier alpha value is -2.91. The highest BCUT2D eigenvalue weighted by atomic mass is 32.1. The van der Waals surface area contributed by atoms with Crippen molar-refractivity contribution >= 4 is 39.0 Å². The zero-order valence-electron chi connectivity index (χ0n) is 17.9. The van der Waals surface area contributed by atoms with E-state index in [-0.39, 0.29) is 11.9 Å². The minimum atomic E-state index is -0.179. The summed E-state index contributed by atoms with van der Waals surface area (Å²) in [5.41, 5.74) is 8.66. The number of hydrogen-bond donors (Lipinski definition) is 3. The molecule has 4 aliphatic heterocycles. The lowest BCUT2D eigenvalue weighted by molar-refractivity contribution is 0.0920. The number of nitrogen functional groups attached to an aromatic ring is 1. The molecule has 7 rings (SSSR count). The first-order chi connectivity index (χ1) is 15.5. The third-order valence-corrected chi connectivity index (χ3v) is 7.87. The zero-order chi connectivity index (χ0) is 21.8. The van der Waals surface area contributed by atoms with Crippen molar-refractivity contribution < 1.29 is 9.53 Å². The largest absolute Gasteiger partial charge is 0.491 e. The molecule has 0 radical (unpaired) electrons. The number of nitrogens with two attached hydrogens (primary N) is 1. The fraction of sp³-hybridized carbons (Fsp3) is 0.435. The molecule has 8 nitrogen and oxygen atoms in total. The summed E-state index contributed by atoms with van der Waals surface area (Å²) in [5.74, 6) is 1.68. The number of amides is 1. The van der Waals surface area contributed by atoms with Crippen molar-refractivity contribution in [3.8, 4) is 5.75 Å². The van der Waals surface area contributed by atoms with Gasteiger partial charge in [-0.05, 0) is 31.9 Å². The second kappa shape index (κ2) is 7.60. The lowest BCUT2D eigenvalue weighted by atomic mass is 9.93. The van der Waals surface area contributed by atoms with E-state index in [9.17, 15) is 4.79 Å². The lowest BCUT2D eigenvalue weighted by Gasteiger charge is -2.46. The molecule has 9 heteroatoms. The van der Waals surface area contributed by atoms with Gasteiger partial charge < -0.3 is 26.0 Å². The lowest BCUT2D eigenvalue weighted by Crippen LogP contribution is -2.61. The second-order valence-corrected chi connectivity index (χ2v) is 9.97. The molecule has 3 saturated heterocycles. The number of thiophene rings is 1. The number of pyridine rings is 2. The molecule has 2 bridgehead atoms. The van der Waals surface area contributed by atoms with Crippen LogP contribution in [0.25, 0.3) is 10.2 Å². The Morgan fingerprint density at radius 2 is 2.28 bits per heavy atom. The second-order valence-electron chi connectivity index (χ2n) is 8.97. The summed E-state index contributed by atoms with van der Waals surface area (Å²) in [4.78, 5) is 25.9. The van der Waals surface area contributed by atoms with E-state index in [4.69, 9.17) is 15.5 Å². The van der Waals surface area contributed by atoms with E-state index in [1.54, 1.807) is 0 Å². The molecule has 4 aliphatic rings. The summed E-state index contributed by atoms with van der Waals surface area (Å²) in [6, 6.07) is 6.83. The highest BCUT2D eigenvalue weighted by Gasteiger charge is 2.35. The van der Waals surface area contributed by atoms with Gasteiger partial charge in [-0.25, -0.2) is 9.97 Å². The van der Waals surface area contributed by atoms with Crippen molar-refractivity contribution in [3.63, 3.8) is 0 Å². The maximum absolute atomic E-state index is 12.9. The van der Waals surface area contributed by atoms with Crippen LogP contribution in [0, 0.1) is 6.92 Å². The summed E-state index contributed by atoms with van der Waals surface area (Å²) < 4.78 is 6.05. The summed E-state index contributed by atoms with van der Waals surface area (Å²) in [6.07, 6.45) is 5.04. The van der Waals surface area contributed by atoms with Gasteiger partial charge in [0, 0.05) is 60.5 Å². The topological polar surface area (TPSA) is 105 Å². The first-order valence-corrected chi connectivity index (χ1v) is 11.9. The number of hydrogen-bond acceptors (Lipinski definition) is 8. The predicted molar refractivity (Wildman–Crippen MR) is 126 cm³/mol. The first kappa shape index (κ1) is 19.8. The molecule has 0 unspecified atom stereocenters. The number of nitrogens with one attached hydrogen (secondary N) is 2. The first-order valence-electron chi connectivity index (χ1n) is 11.1. The van der Waals surface area contributed by atoms with Gasteiger partial charge in [0.15, 0.2) is 0 Å². The number of nitrogens with zero attached hydrogens (tertiary/aromatic N) is 3. The molecule has 1 amide bonds. The minimum absolute atomic E-state index is 0.128. The monoisotopic (exact) mass is 450 g/mol. The average molecular weight is 451 g/mol. The van der Waals surface area contributed by atoms with Crippen LogP contribution in [0.4, 0.5) is 11.5 Å². The fourth-order valence-electron chi connectivity index (χ4n) is 5.01.